The first-order chi connectivity index (χ1) is 26.2. The van der Waals surface area contributed by atoms with Crippen molar-refractivity contribution >= 4 is 81.2 Å². The fraction of sp³-hybridized carbons (Fsp3) is 0. The predicted octanol–water partition coefficient (Wildman–Crippen LogP) is 13.5. The minimum Gasteiger partial charge on any atom is -0.276 e. The van der Waals surface area contributed by atoms with E-state index in [-0.39, 0.29) is 5.56 Å². The second kappa shape index (κ2) is 12.0. The van der Waals surface area contributed by atoms with Crippen molar-refractivity contribution in [2.75, 3.05) is 0 Å². The molecule has 1 heterocycles. The zero-order valence-corrected chi connectivity index (χ0v) is 29.0. The lowest BCUT2D eigenvalue weighted by Crippen LogP contribution is -2.19. The standard InChI is InChI=1S/C51H33NO/c1-3-15-35(4-2)52-47-29-28-34(30-45(47)38-19-8-14-25-44(38)51(52)53)49-40-21-10-12-23-42(40)50(43-24-13-11-22-41(43)49)46-31-33-27-26-32-16-5-6-17-36(32)48(33)39-20-9-7-18-37(39)46/h3-31H,1-2H2/b35-15+. The third kappa shape index (κ3) is 4.56. The number of rotatable bonds is 5. The topological polar surface area (TPSA) is 22.0 Å². The number of fused-ring (bicyclic) bond motifs is 10. The molecule has 0 aliphatic rings. The molecule has 2 nitrogen and oxygen atoms in total. The van der Waals surface area contributed by atoms with Crippen LogP contribution in [0, 0.1) is 0 Å². The van der Waals surface area contributed by atoms with Crippen LogP contribution >= 0.6 is 0 Å². The Bertz CT molecular complexity index is 3230. The molecule has 0 aliphatic carbocycles. The van der Waals surface area contributed by atoms with Crippen molar-refractivity contribution in [3.05, 3.63) is 199 Å². The van der Waals surface area contributed by atoms with E-state index in [1.807, 2.05) is 30.3 Å². The number of hydrogen-bond donors (Lipinski definition) is 0. The average molecular weight is 676 g/mol. The summed E-state index contributed by atoms with van der Waals surface area (Å²) < 4.78 is 1.75. The number of aromatic nitrogens is 1. The Hall–Kier alpha value is -7.03. The van der Waals surface area contributed by atoms with Crippen LogP contribution < -0.4 is 5.56 Å². The maximum absolute atomic E-state index is 14.0. The molecule has 0 N–H and O–H groups in total. The van der Waals surface area contributed by atoms with Crippen molar-refractivity contribution in [2.45, 2.75) is 0 Å². The first-order valence-corrected chi connectivity index (χ1v) is 18.0. The fourth-order valence-electron chi connectivity index (χ4n) is 8.66. The molecule has 0 spiro atoms. The Morgan fingerprint density at radius 1 is 0.472 bits per heavy atom. The van der Waals surface area contributed by atoms with E-state index in [2.05, 4.69) is 147 Å². The molecule has 10 aromatic rings. The van der Waals surface area contributed by atoms with Gasteiger partial charge in [0.25, 0.3) is 5.56 Å². The fourth-order valence-corrected chi connectivity index (χ4v) is 8.66. The van der Waals surface area contributed by atoms with Crippen molar-refractivity contribution in [3.63, 3.8) is 0 Å². The van der Waals surface area contributed by atoms with Gasteiger partial charge in [0.1, 0.15) is 0 Å². The van der Waals surface area contributed by atoms with Crippen LogP contribution in [0.4, 0.5) is 0 Å². The zero-order chi connectivity index (χ0) is 35.6. The highest BCUT2D eigenvalue weighted by Gasteiger charge is 2.21. The molecule has 0 radical (unpaired) electrons. The van der Waals surface area contributed by atoms with E-state index in [1.165, 1.54) is 70.6 Å². The van der Waals surface area contributed by atoms with Gasteiger partial charge in [-0.25, -0.2) is 0 Å². The lowest BCUT2D eigenvalue weighted by molar-refractivity contribution is 1.10. The second-order valence-corrected chi connectivity index (χ2v) is 13.6. The van der Waals surface area contributed by atoms with Gasteiger partial charge in [0.15, 0.2) is 0 Å². The summed E-state index contributed by atoms with van der Waals surface area (Å²) in [6.07, 6.45) is 5.23. The predicted molar refractivity (Wildman–Crippen MR) is 229 cm³/mol. The van der Waals surface area contributed by atoms with Crippen LogP contribution in [0.25, 0.3) is 103 Å². The third-order valence-electron chi connectivity index (χ3n) is 10.9. The number of benzene rings is 9. The van der Waals surface area contributed by atoms with Crippen molar-refractivity contribution < 1.29 is 0 Å². The molecule has 0 fully saturated rings. The summed E-state index contributed by atoms with van der Waals surface area (Å²) in [4.78, 5) is 14.0. The maximum atomic E-state index is 14.0. The van der Waals surface area contributed by atoms with Gasteiger partial charge in [0.05, 0.1) is 5.52 Å². The van der Waals surface area contributed by atoms with Crippen LogP contribution in [0.1, 0.15) is 0 Å². The van der Waals surface area contributed by atoms with E-state index in [9.17, 15) is 4.79 Å². The van der Waals surface area contributed by atoms with Gasteiger partial charge in [-0.1, -0.05) is 153 Å². The second-order valence-electron chi connectivity index (χ2n) is 13.6. The number of nitrogens with zero attached hydrogens (tertiary/aromatic N) is 1. The molecule has 0 saturated heterocycles. The van der Waals surface area contributed by atoms with E-state index in [1.54, 1.807) is 16.7 Å². The summed E-state index contributed by atoms with van der Waals surface area (Å²) >= 11 is 0. The van der Waals surface area contributed by atoms with E-state index < -0.39 is 0 Å². The molecule has 2 heteroatoms. The van der Waals surface area contributed by atoms with Gasteiger partial charge < -0.3 is 0 Å². The molecule has 0 aliphatic heterocycles. The molecule has 0 saturated carbocycles. The van der Waals surface area contributed by atoms with Crippen LogP contribution in [0.3, 0.4) is 0 Å². The first kappa shape index (κ1) is 30.8. The molecule has 248 valence electrons. The van der Waals surface area contributed by atoms with Gasteiger partial charge >= 0.3 is 0 Å². The molecular weight excluding hydrogens is 643 g/mol. The molecule has 0 unspecified atom stereocenters. The number of hydrogen-bond acceptors (Lipinski definition) is 1. The SMILES string of the molecule is C=C/C=C(\C=C)n1c(=O)c2ccccc2c2cc(-c3c4ccccc4c(-c4cc5ccc6ccccc6c5c5ccccc45)c4ccccc34)ccc21. The summed E-state index contributed by atoms with van der Waals surface area (Å²) in [5.41, 5.74) is 6.15. The van der Waals surface area contributed by atoms with Crippen LogP contribution in [0.2, 0.25) is 0 Å². The summed E-state index contributed by atoms with van der Waals surface area (Å²) in [6, 6.07) is 56.4. The van der Waals surface area contributed by atoms with Gasteiger partial charge in [-0.05, 0) is 118 Å². The Kier molecular flexibility index (Phi) is 6.99. The minimum absolute atomic E-state index is 0.0790. The Labute approximate surface area is 306 Å². The van der Waals surface area contributed by atoms with Crippen LogP contribution in [-0.4, -0.2) is 4.57 Å². The van der Waals surface area contributed by atoms with Gasteiger partial charge in [-0.2, -0.15) is 0 Å². The normalized spacial score (nSPS) is 12.1. The highest BCUT2D eigenvalue weighted by molar-refractivity contribution is 6.28. The van der Waals surface area contributed by atoms with Crippen molar-refractivity contribution in [1.29, 1.82) is 0 Å². The van der Waals surface area contributed by atoms with Gasteiger partial charge in [-0.3, -0.25) is 9.36 Å². The zero-order valence-electron chi connectivity index (χ0n) is 29.0. The van der Waals surface area contributed by atoms with Gasteiger partial charge in [0.2, 0.25) is 0 Å². The van der Waals surface area contributed by atoms with Crippen LogP contribution in [0.15, 0.2) is 194 Å². The van der Waals surface area contributed by atoms with E-state index in [4.69, 9.17) is 0 Å². The lowest BCUT2D eigenvalue weighted by atomic mass is 9.83. The number of allylic oxidation sites excluding steroid dienone is 4. The average Bonchev–Trinajstić information content (AvgIpc) is 3.22. The van der Waals surface area contributed by atoms with Gasteiger partial charge in [0, 0.05) is 16.5 Å². The molecule has 0 amide bonds. The summed E-state index contributed by atoms with van der Waals surface area (Å²) in [5, 5.41) is 14.9. The quantitative estimate of drug-likeness (QED) is 0.101. The first-order valence-electron chi connectivity index (χ1n) is 18.0. The molecular formula is C51H33NO. The van der Waals surface area contributed by atoms with Crippen molar-refractivity contribution in [1.82, 2.24) is 4.57 Å². The monoisotopic (exact) mass is 675 g/mol. The van der Waals surface area contributed by atoms with Crippen molar-refractivity contribution in [2.24, 2.45) is 0 Å². The highest BCUT2D eigenvalue weighted by Crippen LogP contribution is 2.47. The Morgan fingerprint density at radius 2 is 1.02 bits per heavy atom. The summed E-state index contributed by atoms with van der Waals surface area (Å²) in [7, 11) is 0. The Balaban J connectivity index is 1.32. The third-order valence-corrected chi connectivity index (χ3v) is 10.9. The molecule has 9 aromatic carbocycles. The van der Waals surface area contributed by atoms with E-state index in [0.29, 0.717) is 11.1 Å². The Morgan fingerprint density at radius 3 is 1.68 bits per heavy atom. The summed E-state index contributed by atoms with van der Waals surface area (Å²) in [5.74, 6) is 0. The molecule has 0 bridgehead atoms. The van der Waals surface area contributed by atoms with Crippen molar-refractivity contribution in [3.8, 4) is 22.3 Å². The molecule has 53 heavy (non-hydrogen) atoms. The lowest BCUT2D eigenvalue weighted by Gasteiger charge is -2.20. The molecule has 1 aromatic heterocycles. The molecule has 10 rings (SSSR count). The highest BCUT2D eigenvalue weighted by atomic mass is 16.1. The maximum Gasteiger partial charge on any atom is 0.263 e. The minimum atomic E-state index is -0.0790. The van der Waals surface area contributed by atoms with Gasteiger partial charge in [-0.15, -0.1) is 0 Å². The van der Waals surface area contributed by atoms with Crippen LogP contribution in [-0.2, 0) is 0 Å². The largest absolute Gasteiger partial charge is 0.276 e. The van der Waals surface area contributed by atoms with Crippen LogP contribution in [0.5, 0.6) is 0 Å². The molecule has 0 atom stereocenters. The van der Waals surface area contributed by atoms with E-state index in [0.717, 1.165) is 21.9 Å². The van der Waals surface area contributed by atoms with E-state index >= 15 is 0 Å². The summed E-state index contributed by atoms with van der Waals surface area (Å²) in [6.45, 7) is 7.91. The number of pyridine rings is 1. The smallest absolute Gasteiger partial charge is 0.263 e.